The van der Waals surface area contributed by atoms with Crippen molar-refractivity contribution in [3.63, 3.8) is 0 Å². The third-order valence-corrected chi connectivity index (χ3v) is 10.2. The van der Waals surface area contributed by atoms with Crippen LogP contribution in [0.4, 0.5) is 0 Å². The van der Waals surface area contributed by atoms with Gasteiger partial charge in [-0.15, -0.1) is 0 Å². The molecule has 0 bridgehead atoms. The van der Waals surface area contributed by atoms with E-state index in [4.69, 9.17) is 0 Å². The van der Waals surface area contributed by atoms with Crippen molar-refractivity contribution >= 4 is 0 Å². The molecular formula is C38H70N2. The molecule has 0 aliphatic carbocycles. The monoisotopic (exact) mass is 555 g/mol. The van der Waals surface area contributed by atoms with E-state index in [0.29, 0.717) is 5.54 Å². The predicted octanol–water partition coefficient (Wildman–Crippen LogP) is 11.5. The summed E-state index contributed by atoms with van der Waals surface area (Å²) in [7, 11) is 0. The fourth-order valence-electron chi connectivity index (χ4n) is 7.51. The van der Waals surface area contributed by atoms with Crippen molar-refractivity contribution in [2.75, 3.05) is 26.2 Å². The summed E-state index contributed by atoms with van der Waals surface area (Å²) >= 11 is 0. The van der Waals surface area contributed by atoms with Gasteiger partial charge >= 0.3 is 0 Å². The van der Waals surface area contributed by atoms with Gasteiger partial charge in [0.15, 0.2) is 0 Å². The topological polar surface area (TPSA) is 6.48 Å². The van der Waals surface area contributed by atoms with Crippen LogP contribution in [-0.4, -0.2) is 41.5 Å². The highest BCUT2D eigenvalue weighted by atomic mass is 15.3. The van der Waals surface area contributed by atoms with Gasteiger partial charge in [-0.25, -0.2) is 0 Å². The molecule has 0 radical (unpaired) electrons. The molecule has 1 heterocycles. The van der Waals surface area contributed by atoms with Crippen LogP contribution in [0.5, 0.6) is 0 Å². The zero-order chi connectivity index (χ0) is 28.9. The summed E-state index contributed by atoms with van der Waals surface area (Å²) in [5.41, 5.74) is 2.18. The van der Waals surface area contributed by atoms with Gasteiger partial charge in [-0.3, -0.25) is 9.80 Å². The van der Waals surface area contributed by atoms with Crippen LogP contribution in [-0.2, 0) is 5.54 Å². The maximum atomic E-state index is 2.97. The highest BCUT2D eigenvalue weighted by molar-refractivity contribution is 5.25. The molecule has 2 unspecified atom stereocenters. The summed E-state index contributed by atoms with van der Waals surface area (Å²) < 4.78 is 0. The van der Waals surface area contributed by atoms with E-state index in [-0.39, 0.29) is 5.54 Å². The van der Waals surface area contributed by atoms with E-state index in [1.54, 1.807) is 5.56 Å². The number of piperazine rings is 1. The van der Waals surface area contributed by atoms with Crippen LogP contribution >= 0.6 is 0 Å². The molecule has 1 aromatic rings. The molecule has 0 spiro atoms. The first kappa shape index (κ1) is 35.3. The number of hydrogen-bond acceptors (Lipinski definition) is 2. The first-order chi connectivity index (χ1) is 19.6. The molecule has 2 heteroatoms. The van der Waals surface area contributed by atoms with Crippen LogP contribution in [0.3, 0.4) is 0 Å². The molecule has 232 valence electrons. The summed E-state index contributed by atoms with van der Waals surface area (Å²) in [5, 5.41) is 0. The van der Waals surface area contributed by atoms with E-state index in [9.17, 15) is 0 Å². The maximum Gasteiger partial charge on any atom is 0.0461 e. The normalized spacial score (nSPS) is 18.0. The van der Waals surface area contributed by atoms with Gasteiger partial charge in [0, 0.05) is 37.3 Å². The first-order valence-electron chi connectivity index (χ1n) is 18.1. The Morgan fingerprint density at radius 3 is 1.35 bits per heavy atom. The van der Waals surface area contributed by atoms with Crippen molar-refractivity contribution in [3.8, 4) is 0 Å². The third-order valence-electron chi connectivity index (χ3n) is 10.2. The van der Waals surface area contributed by atoms with E-state index in [0.717, 1.165) is 0 Å². The number of hydrogen-bond donors (Lipinski definition) is 0. The van der Waals surface area contributed by atoms with Gasteiger partial charge in [0.1, 0.15) is 0 Å². The Balaban J connectivity index is 2.17. The van der Waals surface area contributed by atoms with Crippen molar-refractivity contribution in [3.05, 3.63) is 35.9 Å². The average molecular weight is 555 g/mol. The largest absolute Gasteiger partial charge is 0.295 e. The average Bonchev–Trinajstić information content (AvgIpc) is 2.99. The molecule has 1 aliphatic rings. The number of benzene rings is 1. The minimum Gasteiger partial charge on any atom is -0.295 e. The minimum absolute atomic E-state index is 0.215. The van der Waals surface area contributed by atoms with Gasteiger partial charge in [-0.2, -0.15) is 0 Å². The molecule has 0 amide bonds. The number of nitrogens with zero attached hydrogens (tertiary/aromatic N) is 2. The summed E-state index contributed by atoms with van der Waals surface area (Å²) in [4.78, 5) is 5.91. The van der Waals surface area contributed by atoms with Gasteiger partial charge < -0.3 is 0 Å². The van der Waals surface area contributed by atoms with Crippen LogP contribution in [0.25, 0.3) is 0 Å². The molecule has 1 fully saturated rings. The number of rotatable bonds is 24. The summed E-state index contributed by atoms with van der Waals surface area (Å²) in [6, 6.07) is 11.7. The molecule has 2 atom stereocenters. The molecule has 1 aliphatic heterocycles. The maximum absolute atomic E-state index is 2.97. The number of unbranched alkanes of at least 4 members (excludes halogenated alkanes) is 13. The Morgan fingerprint density at radius 1 is 0.475 bits per heavy atom. The molecular weight excluding hydrogens is 484 g/mol. The SMILES string of the molecule is CCCCCCCC(C)(CCCCCC)N1CCN(C(CCCCC)(CCCCCCC)c2ccccc2)CC1. The Hall–Kier alpha value is -0.860. The first-order valence-corrected chi connectivity index (χ1v) is 18.1. The quantitative estimate of drug-likeness (QED) is 0.117. The minimum atomic E-state index is 0.215. The fourth-order valence-corrected chi connectivity index (χ4v) is 7.51. The van der Waals surface area contributed by atoms with Crippen molar-refractivity contribution in [1.82, 2.24) is 9.80 Å². The van der Waals surface area contributed by atoms with Gasteiger partial charge in [0.05, 0.1) is 0 Å². The lowest BCUT2D eigenvalue weighted by atomic mass is 9.78. The van der Waals surface area contributed by atoms with Crippen molar-refractivity contribution in [2.45, 2.75) is 181 Å². The molecule has 1 saturated heterocycles. The lowest BCUT2D eigenvalue weighted by Crippen LogP contribution is -2.60. The predicted molar refractivity (Wildman–Crippen MR) is 179 cm³/mol. The Labute approximate surface area is 252 Å². The van der Waals surface area contributed by atoms with Gasteiger partial charge in [-0.05, 0) is 38.2 Å². The standard InChI is InChI=1S/C38H70N2/c1-6-10-14-17-24-29-37(5,28-23-16-12-8-3)39-32-34-40(35-33-39)38(30-22-13-9-4,31-25-18-15-11-7-2)36-26-20-19-21-27-36/h19-21,26-27H,6-18,22-25,28-35H2,1-5H3. The molecule has 0 saturated carbocycles. The van der Waals surface area contributed by atoms with Crippen LogP contribution in [0.1, 0.15) is 175 Å². The van der Waals surface area contributed by atoms with Crippen LogP contribution in [0, 0.1) is 0 Å². The zero-order valence-corrected chi connectivity index (χ0v) is 28.0. The third kappa shape index (κ3) is 11.8. The van der Waals surface area contributed by atoms with E-state index in [2.05, 4.69) is 74.8 Å². The second-order valence-electron chi connectivity index (χ2n) is 13.5. The fraction of sp³-hybridized carbons (Fsp3) is 0.842. The molecule has 0 N–H and O–H groups in total. The molecule has 2 nitrogen and oxygen atoms in total. The lowest BCUT2D eigenvalue weighted by Gasteiger charge is -2.52. The summed E-state index contributed by atoms with van der Waals surface area (Å²) in [6.07, 6.45) is 28.9. The van der Waals surface area contributed by atoms with Gasteiger partial charge in [-0.1, -0.05) is 167 Å². The zero-order valence-electron chi connectivity index (χ0n) is 28.0. The Kier molecular flexibility index (Phi) is 18.5. The lowest BCUT2D eigenvalue weighted by molar-refractivity contribution is -0.0273. The summed E-state index contributed by atoms with van der Waals surface area (Å²) in [5.74, 6) is 0. The van der Waals surface area contributed by atoms with Crippen molar-refractivity contribution < 1.29 is 0 Å². The van der Waals surface area contributed by atoms with Crippen LogP contribution in [0.2, 0.25) is 0 Å². The Bertz CT molecular complexity index is 709. The summed E-state index contributed by atoms with van der Waals surface area (Å²) in [6.45, 7) is 17.0. The van der Waals surface area contributed by atoms with Gasteiger partial charge in [0.25, 0.3) is 0 Å². The second kappa shape index (κ2) is 20.9. The van der Waals surface area contributed by atoms with Crippen LogP contribution in [0.15, 0.2) is 30.3 Å². The Morgan fingerprint density at radius 2 is 0.850 bits per heavy atom. The van der Waals surface area contributed by atoms with Crippen molar-refractivity contribution in [1.29, 1.82) is 0 Å². The van der Waals surface area contributed by atoms with E-state index >= 15 is 0 Å². The smallest absolute Gasteiger partial charge is 0.0461 e. The molecule has 40 heavy (non-hydrogen) atoms. The van der Waals surface area contributed by atoms with Crippen molar-refractivity contribution in [2.24, 2.45) is 0 Å². The van der Waals surface area contributed by atoms with E-state index in [1.165, 1.54) is 161 Å². The van der Waals surface area contributed by atoms with Gasteiger partial charge in [0.2, 0.25) is 0 Å². The van der Waals surface area contributed by atoms with E-state index in [1.807, 2.05) is 0 Å². The van der Waals surface area contributed by atoms with Crippen LogP contribution < -0.4 is 0 Å². The highest BCUT2D eigenvalue weighted by Gasteiger charge is 2.41. The molecule has 1 aromatic carbocycles. The highest BCUT2D eigenvalue weighted by Crippen LogP contribution is 2.41. The molecule has 2 rings (SSSR count). The van der Waals surface area contributed by atoms with E-state index < -0.39 is 0 Å². The second-order valence-corrected chi connectivity index (χ2v) is 13.5. The molecule has 0 aromatic heterocycles.